The quantitative estimate of drug-likeness (QED) is 0.870. The smallest absolute Gasteiger partial charge is 0.156 e. The fraction of sp³-hybridized carbons (Fsp3) is 0.300. The lowest BCUT2D eigenvalue weighted by molar-refractivity contribution is 0.768. The highest BCUT2D eigenvalue weighted by Gasteiger charge is 2.08. The van der Waals surface area contributed by atoms with Gasteiger partial charge in [-0.15, -0.1) is 10.2 Å². The van der Waals surface area contributed by atoms with Crippen LogP contribution >= 0.6 is 11.6 Å². The topological polar surface area (TPSA) is 55.6 Å². The summed E-state index contributed by atoms with van der Waals surface area (Å²) >= 11 is 5.88. The highest BCUT2D eigenvalue weighted by atomic mass is 35.5. The van der Waals surface area contributed by atoms with Gasteiger partial charge in [0.2, 0.25) is 0 Å². The van der Waals surface area contributed by atoms with E-state index < -0.39 is 0 Å². The second kappa shape index (κ2) is 4.09. The third-order valence-electron chi connectivity index (χ3n) is 2.43. The van der Waals surface area contributed by atoms with Gasteiger partial charge in [-0.05, 0) is 25.0 Å². The van der Waals surface area contributed by atoms with Gasteiger partial charge >= 0.3 is 0 Å². The van der Waals surface area contributed by atoms with Crippen LogP contribution in [0.4, 0.5) is 11.5 Å². The molecule has 0 spiro atoms. The Hall–Kier alpha value is -1.62. The monoisotopic (exact) mass is 237 g/mol. The van der Waals surface area contributed by atoms with E-state index in [0.29, 0.717) is 11.0 Å². The predicted octanol–water partition coefficient (Wildman–Crippen LogP) is 2.22. The zero-order valence-corrected chi connectivity index (χ0v) is 10.1. The Labute approximate surface area is 98.5 Å². The lowest BCUT2D eigenvalue weighted by atomic mass is 10.2. The summed E-state index contributed by atoms with van der Waals surface area (Å²) in [4.78, 5) is 0. The van der Waals surface area contributed by atoms with Gasteiger partial charge in [0.25, 0.3) is 0 Å². The Morgan fingerprint density at radius 3 is 2.62 bits per heavy atom. The van der Waals surface area contributed by atoms with Crippen molar-refractivity contribution < 1.29 is 0 Å². The number of halogens is 1. The highest BCUT2D eigenvalue weighted by molar-refractivity contribution is 6.30. The maximum absolute atomic E-state index is 5.88. The minimum absolute atomic E-state index is 0.439. The molecule has 0 atom stereocenters. The van der Waals surface area contributed by atoms with Crippen molar-refractivity contribution in [2.75, 3.05) is 5.32 Å². The number of anilines is 2. The van der Waals surface area contributed by atoms with Crippen molar-refractivity contribution in [1.29, 1.82) is 0 Å². The first-order chi connectivity index (χ1) is 7.58. The third-order valence-corrected chi connectivity index (χ3v) is 2.79. The molecule has 2 rings (SSSR count). The first kappa shape index (κ1) is 10.9. The number of hydrogen-bond donors (Lipinski definition) is 1. The fourth-order valence-electron chi connectivity index (χ4n) is 1.32. The van der Waals surface area contributed by atoms with Crippen LogP contribution < -0.4 is 5.32 Å². The number of nitrogens with one attached hydrogen (secondary N) is 1. The lowest BCUT2D eigenvalue weighted by Crippen LogP contribution is -2.00. The largest absolute Gasteiger partial charge is 0.336 e. The summed E-state index contributed by atoms with van der Waals surface area (Å²) in [6.45, 7) is 3.87. The molecule has 16 heavy (non-hydrogen) atoms. The Morgan fingerprint density at radius 1 is 1.25 bits per heavy atom. The van der Waals surface area contributed by atoms with Crippen LogP contribution in [-0.4, -0.2) is 20.0 Å². The van der Waals surface area contributed by atoms with Gasteiger partial charge in [0.15, 0.2) is 11.0 Å². The van der Waals surface area contributed by atoms with E-state index in [9.17, 15) is 0 Å². The van der Waals surface area contributed by atoms with Gasteiger partial charge in [-0.2, -0.15) is 5.10 Å². The first-order valence-electron chi connectivity index (χ1n) is 4.83. The van der Waals surface area contributed by atoms with Crippen LogP contribution in [-0.2, 0) is 7.05 Å². The highest BCUT2D eigenvalue weighted by Crippen LogP contribution is 2.23. The van der Waals surface area contributed by atoms with Gasteiger partial charge in [-0.1, -0.05) is 11.6 Å². The molecule has 2 heterocycles. The van der Waals surface area contributed by atoms with Crippen LogP contribution in [0.15, 0.2) is 12.4 Å². The zero-order chi connectivity index (χ0) is 11.7. The summed E-state index contributed by atoms with van der Waals surface area (Å²) in [5.74, 6) is 0.704. The molecule has 0 saturated carbocycles. The van der Waals surface area contributed by atoms with Gasteiger partial charge in [-0.3, -0.25) is 4.68 Å². The number of hydrogen-bond acceptors (Lipinski definition) is 4. The van der Waals surface area contributed by atoms with Crippen molar-refractivity contribution in [3.8, 4) is 0 Å². The maximum atomic E-state index is 5.88. The van der Waals surface area contributed by atoms with E-state index in [-0.39, 0.29) is 0 Å². The van der Waals surface area contributed by atoms with E-state index in [0.717, 1.165) is 16.8 Å². The van der Waals surface area contributed by atoms with Gasteiger partial charge in [0, 0.05) is 13.2 Å². The lowest BCUT2D eigenvalue weighted by Gasteiger charge is -2.08. The van der Waals surface area contributed by atoms with E-state index in [1.807, 2.05) is 27.1 Å². The number of nitrogens with zero attached hydrogens (tertiary/aromatic N) is 4. The minimum Gasteiger partial charge on any atom is -0.336 e. The normalized spacial score (nSPS) is 10.5. The second-order valence-electron chi connectivity index (χ2n) is 3.62. The fourth-order valence-corrected chi connectivity index (χ4v) is 1.50. The molecule has 2 aromatic heterocycles. The van der Waals surface area contributed by atoms with E-state index in [1.165, 1.54) is 0 Å². The standard InChI is InChI=1S/C10H12ClN5/c1-6-7(2)10(15-14-9(6)11)13-8-4-12-16(3)5-8/h4-5H,1-3H3,(H,13,15). The van der Waals surface area contributed by atoms with Gasteiger partial charge in [-0.25, -0.2) is 0 Å². The third kappa shape index (κ3) is 1.99. The summed E-state index contributed by atoms with van der Waals surface area (Å²) in [6, 6.07) is 0. The Kier molecular flexibility index (Phi) is 2.78. The maximum Gasteiger partial charge on any atom is 0.156 e. The van der Waals surface area contributed by atoms with Crippen LogP contribution in [0.1, 0.15) is 11.1 Å². The molecular weight excluding hydrogens is 226 g/mol. The Balaban J connectivity index is 2.32. The first-order valence-corrected chi connectivity index (χ1v) is 5.21. The van der Waals surface area contributed by atoms with E-state index in [1.54, 1.807) is 10.9 Å². The molecule has 2 aromatic rings. The van der Waals surface area contributed by atoms with Crippen molar-refractivity contribution in [3.63, 3.8) is 0 Å². The van der Waals surface area contributed by atoms with E-state index >= 15 is 0 Å². The van der Waals surface area contributed by atoms with Crippen LogP contribution in [0, 0.1) is 13.8 Å². The summed E-state index contributed by atoms with van der Waals surface area (Å²) in [6.07, 6.45) is 3.59. The molecule has 0 aliphatic heterocycles. The number of aryl methyl sites for hydroxylation is 1. The molecule has 0 radical (unpaired) electrons. The van der Waals surface area contributed by atoms with Crippen molar-refractivity contribution in [1.82, 2.24) is 20.0 Å². The van der Waals surface area contributed by atoms with E-state index in [2.05, 4.69) is 20.6 Å². The summed E-state index contributed by atoms with van der Waals surface area (Å²) in [5.41, 5.74) is 2.80. The summed E-state index contributed by atoms with van der Waals surface area (Å²) < 4.78 is 1.72. The Morgan fingerprint density at radius 2 is 2.00 bits per heavy atom. The molecule has 0 bridgehead atoms. The number of rotatable bonds is 2. The molecular formula is C10H12ClN5. The van der Waals surface area contributed by atoms with Crippen molar-refractivity contribution in [2.45, 2.75) is 13.8 Å². The number of aromatic nitrogens is 4. The van der Waals surface area contributed by atoms with Gasteiger partial charge in [0.05, 0.1) is 11.9 Å². The molecule has 0 unspecified atom stereocenters. The summed E-state index contributed by atoms with van der Waals surface area (Å²) in [5, 5.41) is 15.5. The molecule has 84 valence electrons. The van der Waals surface area contributed by atoms with Gasteiger partial charge < -0.3 is 5.32 Å². The van der Waals surface area contributed by atoms with Crippen molar-refractivity contribution in [2.24, 2.45) is 7.05 Å². The Bertz CT molecular complexity index is 520. The molecule has 0 aliphatic carbocycles. The molecule has 1 N–H and O–H groups in total. The van der Waals surface area contributed by atoms with Crippen LogP contribution in [0.5, 0.6) is 0 Å². The zero-order valence-electron chi connectivity index (χ0n) is 9.32. The average molecular weight is 238 g/mol. The SMILES string of the molecule is Cc1c(Cl)nnc(Nc2cnn(C)c2)c1C. The molecule has 6 heteroatoms. The van der Waals surface area contributed by atoms with Crippen molar-refractivity contribution in [3.05, 3.63) is 28.7 Å². The molecule has 0 saturated heterocycles. The molecule has 0 aliphatic rings. The molecule has 5 nitrogen and oxygen atoms in total. The predicted molar refractivity (Wildman–Crippen MR) is 63.0 cm³/mol. The van der Waals surface area contributed by atoms with E-state index in [4.69, 9.17) is 11.6 Å². The van der Waals surface area contributed by atoms with Crippen LogP contribution in [0.25, 0.3) is 0 Å². The van der Waals surface area contributed by atoms with Crippen LogP contribution in [0.2, 0.25) is 5.15 Å². The van der Waals surface area contributed by atoms with Gasteiger partial charge in [0.1, 0.15) is 0 Å². The van der Waals surface area contributed by atoms with Crippen molar-refractivity contribution >= 4 is 23.1 Å². The average Bonchev–Trinajstić information content (AvgIpc) is 2.65. The second-order valence-corrected chi connectivity index (χ2v) is 3.98. The molecule has 0 amide bonds. The molecule has 0 aromatic carbocycles. The minimum atomic E-state index is 0.439. The molecule has 0 fully saturated rings. The van der Waals surface area contributed by atoms with Crippen LogP contribution in [0.3, 0.4) is 0 Å². The summed E-state index contributed by atoms with van der Waals surface area (Å²) in [7, 11) is 1.86.